The first kappa shape index (κ1) is 12.1. The fraction of sp³-hybridized carbons (Fsp3) is 0.0769. The zero-order valence-corrected chi connectivity index (χ0v) is 10.7. The van der Waals surface area contributed by atoms with Crippen molar-refractivity contribution in [2.24, 2.45) is 7.05 Å². The first-order valence-electron chi connectivity index (χ1n) is 5.99. The summed E-state index contributed by atoms with van der Waals surface area (Å²) in [5, 5.41) is 10.2. The molecule has 0 unspecified atom stereocenters. The number of imidazole rings is 1. The van der Waals surface area contributed by atoms with Crippen molar-refractivity contribution < 1.29 is 4.79 Å². The molecule has 0 saturated carbocycles. The molecular formula is C13H12N6O. The number of carbonyl (C=O) groups excluding carboxylic acids is 1. The van der Waals surface area contributed by atoms with Crippen molar-refractivity contribution in [1.82, 2.24) is 25.0 Å². The van der Waals surface area contributed by atoms with E-state index in [-0.39, 0.29) is 11.6 Å². The third kappa shape index (κ3) is 2.41. The number of H-pyrrole nitrogens is 1. The fourth-order valence-corrected chi connectivity index (χ4v) is 1.79. The molecule has 0 radical (unpaired) electrons. The van der Waals surface area contributed by atoms with E-state index in [4.69, 9.17) is 0 Å². The maximum absolute atomic E-state index is 11.9. The first-order chi connectivity index (χ1) is 9.72. The maximum atomic E-state index is 11.9. The number of nitrogens with one attached hydrogen (secondary N) is 2. The molecule has 2 heterocycles. The summed E-state index contributed by atoms with van der Waals surface area (Å²) in [6.45, 7) is 0. The summed E-state index contributed by atoms with van der Waals surface area (Å²) in [6.07, 6.45) is 4.93. The number of anilines is 1. The Morgan fingerprint density at radius 3 is 2.70 bits per heavy atom. The summed E-state index contributed by atoms with van der Waals surface area (Å²) in [6, 6.07) is 7.45. The third-order valence-electron chi connectivity index (χ3n) is 2.79. The predicted octanol–water partition coefficient (Wildman–Crippen LogP) is 1.46. The van der Waals surface area contributed by atoms with Gasteiger partial charge in [-0.1, -0.05) is 17.3 Å². The number of aryl methyl sites for hydroxylation is 1. The van der Waals surface area contributed by atoms with Gasteiger partial charge in [-0.05, 0) is 17.7 Å². The molecule has 0 spiro atoms. The molecule has 2 aromatic heterocycles. The standard InChI is InChI=1S/C13H12N6O/c1-19-7-12(17-18-19)13(20)16-10-4-2-9(3-5-10)11-6-14-8-15-11/h2-8H,1H3,(H,14,15)(H,16,20). The van der Waals surface area contributed by atoms with Gasteiger partial charge in [-0.2, -0.15) is 0 Å². The van der Waals surface area contributed by atoms with Crippen molar-refractivity contribution in [3.63, 3.8) is 0 Å². The van der Waals surface area contributed by atoms with E-state index in [1.807, 2.05) is 24.3 Å². The summed E-state index contributed by atoms with van der Waals surface area (Å²) >= 11 is 0. The second kappa shape index (κ2) is 4.96. The van der Waals surface area contributed by atoms with E-state index in [1.54, 1.807) is 25.8 Å². The van der Waals surface area contributed by atoms with Crippen LogP contribution >= 0.6 is 0 Å². The lowest BCUT2D eigenvalue weighted by Gasteiger charge is -2.04. The van der Waals surface area contributed by atoms with Gasteiger partial charge in [0, 0.05) is 12.7 Å². The van der Waals surface area contributed by atoms with Gasteiger partial charge in [-0.25, -0.2) is 4.98 Å². The molecule has 0 fully saturated rings. The van der Waals surface area contributed by atoms with Gasteiger partial charge in [0.1, 0.15) is 0 Å². The molecule has 0 saturated heterocycles. The highest BCUT2D eigenvalue weighted by Crippen LogP contribution is 2.18. The van der Waals surface area contributed by atoms with Crippen LogP contribution in [0.1, 0.15) is 10.5 Å². The van der Waals surface area contributed by atoms with Gasteiger partial charge in [0.15, 0.2) is 5.69 Å². The number of hydrogen-bond acceptors (Lipinski definition) is 4. The Hall–Kier alpha value is -2.96. The van der Waals surface area contributed by atoms with E-state index >= 15 is 0 Å². The van der Waals surface area contributed by atoms with Gasteiger partial charge in [-0.15, -0.1) is 5.10 Å². The summed E-state index contributed by atoms with van der Waals surface area (Å²) < 4.78 is 1.48. The largest absolute Gasteiger partial charge is 0.345 e. The average molecular weight is 268 g/mol. The van der Waals surface area contributed by atoms with Gasteiger partial charge < -0.3 is 10.3 Å². The lowest BCUT2D eigenvalue weighted by molar-refractivity contribution is 0.102. The smallest absolute Gasteiger partial charge is 0.277 e. The SMILES string of the molecule is Cn1cc(C(=O)Nc2ccc(-c3cnc[nH]3)cc2)nn1. The number of amides is 1. The maximum Gasteiger partial charge on any atom is 0.277 e. The van der Waals surface area contributed by atoms with E-state index in [0.717, 1.165) is 11.3 Å². The van der Waals surface area contributed by atoms with Crippen LogP contribution in [0.5, 0.6) is 0 Å². The molecule has 7 heteroatoms. The first-order valence-corrected chi connectivity index (χ1v) is 5.99. The van der Waals surface area contributed by atoms with Gasteiger partial charge in [0.25, 0.3) is 5.91 Å². The Kier molecular flexibility index (Phi) is 3.00. The molecule has 1 amide bonds. The lowest BCUT2D eigenvalue weighted by atomic mass is 10.1. The van der Waals surface area contributed by atoms with Crippen LogP contribution in [0.25, 0.3) is 11.3 Å². The van der Waals surface area contributed by atoms with Crippen LogP contribution in [-0.2, 0) is 7.05 Å². The molecule has 0 aliphatic heterocycles. The van der Waals surface area contributed by atoms with Gasteiger partial charge >= 0.3 is 0 Å². The minimum Gasteiger partial charge on any atom is -0.345 e. The van der Waals surface area contributed by atoms with Gasteiger partial charge in [0.2, 0.25) is 0 Å². The summed E-state index contributed by atoms with van der Waals surface area (Å²) in [7, 11) is 1.71. The summed E-state index contributed by atoms with van der Waals surface area (Å²) in [4.78, 5) is 18.9. The second-order valence-corrected chi connectivity index (χ2v) is 4.27. The quantitative estimate of drug-likeness (QED) is 0.752. The number of aromatic nitrogens is 5. The van der Waals surface area contributed by atoms with E-state index < -0.39 is 0 Å². The van der Waals surface area contributed by atoms with Crippen molar-refractivity contribution in [3.05, 3.63) is 48.7 Å². The normalized spacial score (nSPS) is 10.4. The van der Waals surface area contributed by atoms with E-state index in [0.29, 0.717) is 5.69 Å². The minimum atomic E-state index is -0.285. The molecule has 2 N–H and O–H groups in total. The number of rotatable bonds is 3. The Bertz CT molecular complexity index is 714. The Morgan fingerprint density at radius 2 is 2.10 bits per heavy atom. The van der Waals surface area contributed by atoms with Crippen molar-refractivity contribution in [3.8, 4) is 11.3 Å². The average Bonchev–Trinajstić information content (AvgIpc) is 3.10. The van der Waals surface area contributed by atoms with Crippen LogP contribution in [0, 0.1) is 0 Å². The predicted molar refractivity (Wildman–Crippen MR) is 73.0 cm³/mol. The van der Waals surface area contributed by atoms with E-state index in [2.05, 4.69) is 25.6 Å². The van der Waals surface area contributed by atoms with Crippen LogP contribution in [0.4, 0.5) is 5.69 Å². The lowest BCUT2D eigenvalue weighted by Crippen LogP contribution is -2.12. The van der Waals surface area contributed by atoms with Crippen LogP contribution in [0.2, 0.25) is 0 Å². The minimum absolute atomic E-state index is 0.283. The molecule has 0 aliphatic rings. The van der Waals surface area contributed by atoms with Crippen LogP contribution < -0.4 is 5.32 Å². The molecule has 0 bridgehead atoms. The molecule has 100 valence electrons. The van der Waals surface area contributed by atoms with Crippen molar-refractivity contribution in [1.29, 1.82) is 0 Å². The number of aromatic amines is 1. The molecular weight excluding hydrogens is 256 g/mol. The van der Waals surface area contributed by atoms with E-state index in [1.165, 1.54) is 4.68 Å². The van der Waals surface area contributed by atoms with Crippen molar-refractivity contribution in [2.75, 3.05) is 5.32 Å². The van der Waals surface area contributed by atoms with Gasteiger partial charge in [-0.3, -0.25) is 9.48 Å². The van der Waals surface area contributed by atoms with Crippen LogP contribution in [0.15, 0.2) is 43.0 Å². The summed E-state index contributed by atoms with van der Waals surface area (Å²) in [5.41, 5.74) is 2.91. The molecule has 1 aromatic carbocycles. The molecule has 20 heavy (non-hydrogen) atoms. The van der Waals surface area contributed by atoms with Crippen molar-refractivity contribution in [2.45, 2.75) is 0 Å². The Balaban J connectivity index is 1.74. The number of hydrogen-bond donors (Lipinski definition) is 2. The highest BCUT2D eigenvalue weighted by atomic mass is 16.2. The molecule has 3 rings (SSSR count). The molecule has 0 atom stereocenters. The summed E-state index contributed by atoms with van der Waals surface area (Å²) in [5.74, 6) is -0.285. The van der Waals surface area contributed by atoms with Crippen LogP contribution in [-0.4, -0.2) is 30.9 Å². The van der Waals surface area contributed by atoms with Gasteiger partial charge in [0.05, 0.1) is 24.4 Å². The van der Waals surface area contributed by atoms with Crippen molar-refractivity contribution >= 4 is 11.6 Å². The monoisotopic (exact) mass is 268 g/mol. The number of carbonyl (C=O) groups is 1. The molecule has 3 aromatic rings. The second-order valence-electron chi connectivity index (χ2n) is 4.27. The number of benzene rings is 1. The fourth-order valence-electron chi connectivity index (χ4n) is 1.79. The highest BCUT2D eigenvalue weighted by Gasteiger charge is 2.10. The third-order valence-corrected chi connectivity index (χ3v) is 2.79. The van der Waals surface area contributed by atoms with Crippen LogP contribution in [0.3, 0.4) is 0 Å². The topological polar surface area (TPSA) is 88.5 Å². The Labute approximate surface area is 114 Å². The van der Waals surface area contributed by atoms with E-state index in [9.17, 15) is 4.79 Å². The zero-order chi connectivity index (χ0) is 13.9. The highest BCUT2D eigenvalue weighted by molar-refractivity contribution is 6.02. The zero-order valence-electron chi connectivity index (χ0n) is 10.7. The Morgan fingerprint density at radius 1 is 1.30 bits per heavy atom. The molecule has 7 nitrogen and oxygen atoms in total. The number of nitrogens with zero attached hydrogens (tertiary/aromatic N) is 4. The molecule has 0 aliphatic carbocycles.